The molecule has 1 atom stereocenters. The zero-order chi connectivity index (χ0) is 15.1. The van der Waals surface area contributed by atoms with Gasteiger partial charge in [0, 0.05) is 38.7 Å². The monoisotopic (exact) mass is 422 g/mol. The van der Waals surface area contributed by atoms with Crippen LogP contribution in [-0.4, -0.2) is 49.4 Å². The van der Waals surface area contributed by atoms with Gasteiger partial charge in [0.05, 0.1) is 18.8 Å². The van der Waals surface area contributed by atoms with Crippen LogP contribution in [0.1, 0.15) is 31.7 Å². The Bertz CT molecular complexity index is 464. The summed E-state index contributed by atoms with van der Waals surface area (Å²) in [6.45, 7) is 8.36. The van der Waals surface area contributed by atoms with Crippen molar-refractivity contribution in [3.8, 4) is 0 Å². The zero-order valence-corrected chi connectivity index (χ0v) is 16.0. The number of nitrogens with zero attached hydrogens (tertiary/aromatic N) is 3. The molecule has 22 heavy (non-hydrogen) atoms. The second-order valence-corrected chi connectivity index (χ2v) is 5.30. The first-order chi connectivity index (χ1) is 10.3. The number of guanidine groups is 1. The Morgan fingerprint density at radius 3 is 3.00 bits per heavy atom. The van der Waals surface area contributed by atoms with Gasteiger partial charge in [0.15, 0.2) is 11.7 Å². The molecule has 1 unspecified atom stereocenters. The Hall–Kier alpha value is -0.830. The van der Waals surface area contributed by atoms with Crippen LogP contribution in [0.15, 0.2) is 15.6 Å². The summed E-state index contributed by atoms with van der Waals surface area (Å²) < 4.78 is 10.8. The fourth-order valence-corrected chi connectivity index (χ4v) is 2.55. The normalized spacial score (nSPS) is 18.4. The molecule has 1 saturated heterocycles. The number of aliphatic imine (C=N–C) groups is 1. The number of nitrogens with one attached hydrogen (secondary N) is 1. The predicted molar refractivity (Wildman–Crippen MR) is 97.7 cm³/mol. The van der Waals surface area contributed by atoms with E-state index >= 15 is 0 Å². The molecule has 0 aromatic carbocycles. The lowest BCUT2D eigenvalue weighted by Crippen LogP contribution is -2.39. The number of hydrogen-bond donors (Lipinski definition) is 1. The average Bonchev–Trinajstić information content (AvgIpc) is 3.15. The van der Waals surface area contributed by atoms with Crippen LogP contribution in [0.4, 0.5) is 0 Å². The van der Waals surface area contributed by atoms with Crippen molar-refractivity contribution in [3.63, 3.8) is 0 Å². The highest BCUT2D eigenvalue weighted by atomic mass is 127. The van der Waals surface area contributed by atoms with Crippen molar-refractivity contribution < 1.29 is 9.26 Å². The molecule has 0 spiro atoms. The third kappa shape index (κ3) is 5.42. The minimum Gasteiger partial charge on any atom is -0.381 e. The van der Waals surface area contributed by atoms with Gasteiger partial charge in [-0.3, -0.25) is 4.99 Å². The van der Waals surface area contributed by atoms with Crippen LogP contribution < -0.4 is 5.32 Å². The fourth-order valence-electron chi connectivity index (χ4n) is 2.55. The SMILES string of the molecule is CCOCC1CCN(C(=NC)NCc2cc(CC)no2)C1.I. The molecular weight excluding hydrogens is 395 g/mol. The Labute approximate surface area is 149 Å². The summed E-state index contributed by atoms with van der Waals surface area (Å²) in [5.74, 6) is 2.36. The van der Waals surface area contributed by atoms with E-state index in [1.165, 1.54) is 0 Å². The van der Waals surface area contributed by atoms with Gasteiger partial charge >= 0.3 is 0 Å². The first-order valence-electron chi connectivity index (χ1n) is 7.74. The number of ether oxygens (including phenoxy) is 1. The molecular formula is C15H27IN4O2. The van der Waals surface area contributed by atoms with Crippen LogP contribution >= 0.6 is 24.0 Å². The smallest absolute Gasteiger partial charge is 0.194 e. The third-order valence-electron chi connectivity index (χ3n) is 3.75. The number of rotatable bonds is 6. The maximum absolute atomic E-state index is 5.51. The largest absolute Gasteiger partial charge is 0.381 e. The van der Waals surface area contributed by atoms with Crippen molar-refractivity contribution in [1.82, 2.24) is 15.4 Å². The van der Waals surface area contributed by atoms with Gasteiger partial charge in [-0.25, -0.2) is 0 Å². The molecule has 6 nitrogen and oxygen atoms in total. The van der Waals surface area contributed by atoms with Crippen LogP contribution in [0, 0.1) is 5.92 Å². The molecule has 0 amide bonds. The van der Waals surface area contributed by atoms with E-state index < -0.39 is 0 Å². The molecule has 7 heteroatoms. The van der Waals surface area contributed by atoms with E-state index in [1.54, 1.807) is 0 Å². The van der Waals surface area contributed by atoms with E-state index in [0.717, 1.165) is 56.6 Å². The quantitative estimate of drug-likeness (QED) is 0.433. The third-order valence-corrected chi connectivity index (χ3v) is 3.75. The highest BCUT2D eigenvalue weighted by Gasteiger charge is 2.24. The first kappa shape index (κ1) is 19.2. The molecule has 1 aromatic rings. The van der Waals surface area contributed by atoms with E-state index in [1.807, 2.05) is 20.0 Å². The Kier molecular flexibility index (Phi) is 8.77. The molecule has 2 rings (SSSR count). The molecule has 0 radical (unpaired) electrons. The van der Waals surface area contributed by atoms with Gasteiger partial charge in [-0.05, 0) is 19.8 Å². The molecule has 1 aliphatic heterocycles. The van der Waals surface area contributed by atoms with Crippen molar-refractivity contribution in [2.75, 3.05) is 33.4 Å². The van der Waals surface area contributed by atoms with Gasteiger partial charge in [-0.2, -0.15) is 0 Å². The number of aryl methyl sites for hydroxylation is 1. The minimum absolute atomic E-state index is 0. The van der Waals surface area contributed by atoms with Crippen molar-refractivity contribution >= 4 is 29.9 Å². The average molecular weight is 422 g/mol. The summed E-state index contributed by atoms with van der Waals surface area (Å²) in [5.41, 5.74) is 0.986. The minimum atomic E-state index is 0. The van der Waals surface area contributed by atoms with Crippen LogP contribution in [0.2, 0.25) is 0 Å². The summed E-state index contributed by atoms with van der Waals surface area (Å²) in [7, 11) is 1.82. The Morgan fingerprint density at radius 2 is 2.36 bits per heavy atom. The van der Waals surface area contributed by atoms with E-state index in [2.05, 4.69) is 27.3 Å². The lowest BCUT2D eigenvalue weighted by Gasteiger charge is -2.21. The van der Waals surface area contributed by atoms with Gasteiger partial charge in [-0.1, -0.05) is 12.1 Å². The molecule has 0 aliphatic carbocycles. The fraction of sp³-hybridized carbons (Fsp3) is 0.733. The van der Waals surface area contributed by atoms with Gasteiger partial charge in [-0.15, -0.1) is 24.0 Å². The van der Waals surface area contributed by atoms with Crippen molar-refractivity contribution in [1.29, 1.82) is 0 Å². The molecule has 1 fully saturated rings. The summed E-state index contributed by atoms with van der Waals surface area (Å²) >= 11 is 0. The van der Waals surface area contributed by atoms with E-state index in [4.69, 9.17) is 9.26 Å². The van der Waals surface area contributed by atoms with Crippen LogP contribution in [0.5, 0.6) is 0 Å². The number of aromatic nitrogens is 1. The van der Waals surface area contributed by atoms with Crippen LogP contribution in [-0.2, 0) is 17.7 Å². The highest BCUT2D eigenvalue weighted by molar-refractivity contribution is 14.0. The van der Waals surface area contributed by atoms with Gasteiger partial charge in [0.2, 0.25) is 0 Å². The predicted octanol–water partition coefficient (Wildman–Crippen LogP) is 2.29. The molecule has 1 aromatic heterocycles. The summed E-state index contributed by atoms with van der Waals surface area (Å²) in [5, 5.41) is 7.34. The molecule has 0 saturated carbocycles. The van der Waals surface area contributed by atoms with E-state index in [-0.39, 0.29) is 24.0 Å². The molecule has 126 valence electrons. The molecule has 2 heterocycles. The van der Waals surface area contributed by atoms with Crippen molar-refractivity contribution in [2.45, 2.75) is 33.2 Å². The maximum Gasteiger partial charge on any atom is 0.194 e. The Morgan fingerprint density at radius 1 is 1.55 bits per heavy atom. The van der Waals surface area contributed by atoms with Gasteiger partial charge < -0.3 is 19.5 Å². The van der Waals surface area contributed by atoms with Crippen LogP contribution in [0.3, 0.4) is 0 Å². The van der Waals surface area contributed by atoms with Crippen molar-refractivity contribution in [2.24, 2.45) is 10.9 Å². The second-order valence-electron chi connectivity index (χ2n) is 5.30. The molecule has 0 bridgehead atoms. The lowest BCUT2D eigenvalue weighted by molar-refractivity contribution is 0.114. The zero-order valence-electron chi connectivity index (χ0n) is 13.7. The van der Waals surface area contributed by atoms with Gasteiger partial charge in [0.1, 0.15) is 0 Å². The van der Waals surface area contributed by atoms with E-state index in [9.17, 15) is 0 Å². The topological polar surface area (TPSA) is 62.9 Å². The van der Waals surface area contributed by atoms with E-state index in [0.29, 0.717) is 12.5 Å². The summed E-state index contributed by atoms with van der Waals surface area (Å²) in [6.07, 6.45) is 2.05. The molecule has 1 aliphatic rings. The van der Waals surface area contributed by atoms with Crippen LogP contribution in [0.25, 0.3) is 0 Å². The Balaban J connectivity index is 0.00000242. The molecule has 1 N–H and O–H groups in total. The standard InChI is InChI=1S/C15H26N4O2.HI/c1-4-13-8-14(21-18-13)9-17-15(16-3)19-7-6-12(10-19)11-20-5-2;/h8,12H,4-7,9-11H2,1-3H3,(H,16,17);1H. The van der Waals surface area contributed by atoms with Crippen molar-refractivity contribution in [3.05, 3.63) is 17.5 Å². The highest BCUT2D eigenvalue weighted by Crippen LogP contribution is 2.16. The summed E-state index contributed by atoms with van der Waals surface area (Å²) in [6, 6.07) is 1.99. The number of likely N-dealkylation sites (tertiary alicyclic amines) is 1. The first-order valence-corrected chi connectivity index (χ1v) is 7.74. The number of hydrogen-bond acceptors (Lipinski definition) is 4. The van der Waals surface area contributed by atoms with Gasteiger partial charge in [0.25, 0.3) is 0 Å². The number of halogens is 1. The maximum atomic E-state index is 5.51. The second kappa shape index (κ2) is 10.0. The summed E-state index contributed by atoms with van der Waals surface area (Å²) in [4.78, 5) is 6.63. The lowest BCUT2D eigenvalue weighted by atomic mass is 10.1.